The van der Waals surface area contributed by atoms with Crippen molar-refractivity contribution in [1.29, 1.82) is 0 Å². The molecule has 0 N–H and O–H groups in total. The SMILES string of the molecule is C=CCOc1ccc(C=Nc2ccc(C(=O)OCCCOC(=O)c3ccc(N=Cc4ccc(OCC=C)cc4)cc3)cc2)cc1. The second-order valence-electron chi connectivity index (χ2n) is 9.57. The summed E-state index contributed by atoms with van der Waals surface area (Å²) >= 11 is 0. The van der Waals surface area contributed by atoms with Gasteiger partial charge in [0.15, 0.2) is 0 Å². The van der Waals surface area contributed by atoms with Crippen LogP contribution in [-0.2, 0) is 9.47 Å². The molecule has 0 unspecified atom stereocenters. The van der Waals surface area contributed by atoms with Crippen LogP contribution in [0.25, 0.3) is 0 Å². The van der Waals surface area contributed by atoms with Gasteiger partial charge in [-0.2, -0.15) is 0 Å². The van der Waals surface area contributed by atoms with Crippen LogP contribution in [0.5, 0.6) is 11.5 Å². The molecule has 0 fully saturated rings. The molecule has 8 nitrogen and oxygen atoms in total. The highest BCUT2D eigenvalue weighted by Crippen LogP contribution is 2.17. The number of rotatable bonds is 16. The summed E-state index contributed by atoms with van der Waals surface area (Å²) in [4.78, 5) is 33.6. The van der Waals surface area contributed by atoms with Crippen LogP contribution in [0.3, 0.4) is 0 Å². The van der Waals surface area contributed by atoms with Gasteiger partial charge in [-0.3, -0.25) is 9.98 Å². The van der Waals surface area contributed by atoms with E-state index in [1.165, 1.54) is 0 Å². The second-order valence-corrected chi connectivity index (χ2v) is 9.57. The Balaban J connectivity index is 1.14. The van der Waals surface area contributed by atoms with Crippen LogP contribution in [0.1, 0.15) is 38.3 Å². The summed E-state index contributed by atoms with van der Waals surface area (Å²) in [6.45, 7) is 8.40. The van der Waals surface area contributed by atoms with E-state index in [2.05, 4.69) is 23.1 Å². The molecular formula is C37H34N2O6. The molecule has 4 rings (SSSR count). The molecule has 0 aromatic heterocycles. The number of benzene rings is 4. The highest BCUT2D eigenvalue weighted by molar-refractivity contribution is 5.91. The molecule has 0 atom stereocenters. The average Bonchev–Trinajstić information content (AvgIpc) is 3.09. The zero-order chi connectivity index (χ0) is 31.7. The summed E-state index contributed by atoms with van der Waals surface area (Å²) in [7, 11) is 0. The summed E-state index contributed by atoms with van der Waals surface area (Å²) < 4.78 is 21.6. The van der Waals surface area contributed by atoms with E-state index in [1.807, 2.05) is 48.5 Å². The maximum Gasteiger partial charge on any atom is 0.338 e. The zero-order valence-electron chi connectivity index (χ0n) is 24.8. The van der Waals surface area contributed by atoms with E-state index in [0.29, 0.717) is 42.1 Å². The zero-order valence-corrected chi connectivity index (χ0v) is 24.8. The molecule has 0 bridgehead atoms. The molecule has 45 heavy (non-hydrogen) atoms. The Bertz CT molecular complexity index is 1490. The Kier molecular flexibility index (Phi) is 12.4. The maximum absolute atomic E-state index is 12.4. The highest BCUT2D eigenvalue weighted by Gasteiger charge is 2.09. The first kappa shape index (κ1) is 32.2. The predicted molar refractivity (Wildman–Crippen MR) is 177 cm³/mol. The van der Waals surface area contributed by atoms with Crippen LogP contribution in [0.4, 0.5) is 11.4 Å². The van der Waals surface area contributed by atoms with Gasteiger partial charge in [0.1, 0.15) is 24.7 Å². The summed E-state index contributed by atoms with van der Waals surface area (Å²) in [6, 6.07) is 28.7. The second kappa shape index (κ2) is 17.4. The highest BCUT2D eigenvalue weighted by atomic mass is 16.5. The lowest BCUT2D eigenvalue weighted by atomic mass is 10.2. The normalized spacial score (nSPS) is 10.8. The van der Waals surface area contributed by atoms with Crippen molar-refractivity contribution in [3.63, 3.8) is 0 Å². The van der Waals surface area contributed by atoms with Crippen molar-refractivity contribution in [3.8, 4) is 11.5 Å². The summed E-state index contributed by atoms with van der Waals surface area (Å²) in [6.07, 6.45) is 7.22. The molecule has 0 heterocycles. The van der Waals surface area contributed by atoms with E-state index in [-0.39, 0.29) is 13.2 Å². The minimum absolute atomic E-state index is 0.119. The van der Waals surface area contributed by atoms with Crippen molar-refractivity contribution >= 4 is 35.7 Å². The molecule has 0 saturated carbocycles. The summed E-state index contributed by atoms with van der Waals surface area (Å²) in [5.74, 6) is 0.602. The molecule has 0 saturated heterocycles. The number of ether oxygens (including phenoxy) is 4. The van der Waals surface area contributed by atoms with Crippen molar-refractivity contribution in [2.75, 3.05) is 26.4 Å². The van der Waals surface area contributed by atoms with E-state index in [0.717, 1.165) is 22.6 Å². The monoisotopic (exact) mass is 602 g/mol. The molecule has 4 aromatic rings. The lowest BCUT2D eigenvalue weighted by molar-refractivity contribution is 0.0396. The first-order valence-corrected chi connectivity index (χ1v) is 14.3. The number of aliphatic imine (C=N–C) groups is 2. The van der Waals surface area contributed by atoms with Gasteiger partial charge in [-0.15, -0.1) is 0 Å². The van der Waals surface area contributed by atoms with Crippen molar-refractivity contribution in [1.82, 2.24) is 0 Å². The van der Waals surface area contributed by atoms with E-state index >= 15 is 0 Å². The van der Waals surface area contributed by atoms with Gasteiger partial charge < -0.3 is 18.9 Å². The first-order chi connectivity index (χ1) is 22.0. The van der Waals surface area contributed by atoms with Gasteiger partial charge in [-0.05, 0) is 108 Å². The predicted octanol–water partition coefficient (Wildman–Crippen LogP) is 7.72. The molecule has 0 aliphatic carbocycles. The number of carbonyl (C=O) groups excluding carboxylic acids is 2. The molecule has 0 amide bonds. The Morgan fingerprint density at radius 1 is 0.556 bits per heavy atom. The third-order valence-corrected chi connectivity index (χ3v) is 6.18. The molecule has 0 aliphatic rings. The summed E-state index contributed by atoms with van der Waals surface area (Å²) in [5.41, 5.74) is 4.05. The van der Waals surface area contributed by atoms with E-state index in [1.54, 1.807) is 73.1 Å². The standard InChI is InChI=1S/C37H34N2O6/c1-3-22-42-34-18-6-28(7-19-34)26-38-32-14-10-30(11-15-32)36(40)44-24-5-25-45-37(41)31-12-16-33(17-13-31)39-27-29-8-20-35(21-9-29)43-23-4-2/h3-4,6-21,26-27H,1-2,5,22-25H2. The Hall–Kier alpha value is -5.76. The van der Waals surface area contributed by atoms with Crippen LogP contribution >= 0.6 is 0 Å². The van der Waals surface area contributed by atoms with E-state index in [9.17, 15) is 9.59 Å². The van der Waals surface area contributed by atoms with Gasteiger partial charge in [-0.1, -0.05) is 25.3 Å². The van der Waals surface area contributed by atoms with Crippen LogP contribution in [0.2, 0.25) is 0 Å². The quantitative estimate of drug-likeness (QED) is 0.0564. The molecular weight excluding hydrogens is 568 g/mol. The van der Waals surface area contributed by atoms with Crippen LogP contribution in [0, 0.1) is 0 Å². The van der Waals surface area contributed by atoms with Gasteiger partial charge >= 0.3 is 11.9 Å². The van der Waals surface area contributed by atoms with Gasteiger partial charge in [0.2, 0.25) is 0 Å². The molecule has 0 spiro atoms. The molecule has 0 radical (unpaired) electrons. The number of nitrogens with zero attached hydrogens (tertiary/aromatic N) is 2. The fourth-order valence-corrected chi connectivity index (χ4v) is 3.83. The van der Waals surface area contributed by atoms with Gasteiger partial charge in [0, 0.05) is 18.9 Å². The maximum atomic E-state index is 12.4. The minimum atomic E-state index is -0.458. The Morgan fingerprint density at radius 2 is 0.933 bits per heavy atom. The summed E-state index contributed by atoms with van der Waals surface area (Å²) in [5, 5.41) is 0. The van der Waals surface area contributed by atoms with Gasteiger partial charge in [0.05, 0.1) is 35.7 Å². The van der Waals surface area contributed by atoms with Crippen molar-refractivity contribution in [2.45, 2.75) is 6.42 Å². The third-order valence-electron chi connectivity index (χ3n) is 6.18. The topological polar surface area (TPSA) is 95.8 Å². The smallest absolute Gasteiger partial charge is 0.338 e. The van der Waals surface area contributed by atoms with Crippen LogP contribution in [0.15, 0.2) is 132 Å². The first-order valence-electron chi connectivity index (χ1n) is 14.3. The van der Waals surface area contributed by atoms with E-state index < -0.39 is 11.9 Å². The van der Waals surface area contributed by atoms with Crippen LogP contribution < -0.4 is 9.47 Å². The number of hydrogen-bond acceptors (Lipinski definition) is 8. The lowest BCUT2D eigenvalue weighted by Crippen LogP contribution is -2.11. The molecule has 8 heteroatoms. The largest absolute Gasteiger partial charge is 0.490 e. The number of esters is 2. The van der Waals surface area contributed by atoms with Crippen molar-refractivity contribution in [3.05, 3.63) is 145 Å². The number of carbonyl (C=O) groups is 2. The Morgan fingerprint density at radius 3 is 1.29 bits per heavy atom. The van der Waals surface area contributed by atoms with Crippen LogP contribution in [-0.4, -0.2) is 50.8 Å². The minimum Gasteiger partial charge on any atom is -0.490 e. The lowest BCUT2D eigenvalue weighted by Gasteiger charge is -2.07. The van der Waals surface area contributed by atoms with Crippen molar-refractivity contribution in [2.24, 2.45) is 9.98 Å². The Labute approximate surface area is 263 Å². The third kappa shape index (κ3) is 10.8. The molecule has 0 aliphatic heterocycles. The van der Waals surface area contributed by atoms with Crippen molar-refractivity contribution < 1.29 is 28.5 Å². The number of hydrogen-bond donors (Lipinski definition) is 0. The molecule has 4 aromatic carbocycles. The fraction of sp³-hybridized carbons (Fsp3) is 0.135. The average molecular weight is 603 g/mol. The fourth-order valence-electron chi connectivity index (χ4n) is 3.83. The van der Waals surface area contributed by atoms with Gasteiger partial charge in [0.25, 0.3) is 0 Å². The van der Waals surface area contributed by atoms with E-state index in [4.69, 9.17) is 18.9 Å². The molecule has 228 valence electrons. The van der Waals surface area contributed by atoms with Gasteiger partial charge in [-0.25, -0.2) is 9.59 Å².